The second-order valence-corrected chi connectivity index (χ2v) is 5.78. The van der Waals surface area contributed by atoms with Gasteiger partial charge in [0, 0.05) is 5.41 Å². The van der Waals surface area contributed by atoms with Gasteiger partial charge in [-0.3, -0.25) is 4.79 Å². The normalized spacial score (nSPS) is 20.3. The Labute approximate surface area is 110 Å². The van der Waals surface area contributed by atoms with Gasteiger partial charge < -0.3 is 5.73 Å². The maximum atomic E-state index is 12.5. The van der Waals surface area contributed by atoms with Crippen molar-refractivity contribution in [2.75, 3.05) is 0 Å². The minimum absolute atomic E-state index is 0.174. The zero-order valence-electron chi connectivity index (χ0n) is 11.2. The molecule has 1 aromatic carbocycles. The minimum Gasteiger partial charge on any atom is -0.321 e. The van der Waals surface area contributed by atoms with Gasteiger partial charge in [-0.1, -0.05) is 56.5 Å². The number of carbonyl (C=O) groups is 1. The monoisotopic (exact) mass is 245 g/mol. The molecule has 1 saturated carbocycles. The third kappa shape index (κ3) is 2.99. The Morgan fingerprint density at radius 1 is 1.22 bits per heavy atom. The summed E-state index contributed by atoms with van der Waals surface area (Å²) in [6.45, 7) is 2.10. The lowest BCUT2D eigenvalue weighted by molar-refractivity contribution is -0.130. The molecule has 2 rings (SSSR count). The lowest BCUT2D eigenvalue weighted by Gasteiger charge is -2.34. The molecule has 1 aliphatic carbocycles. The van der Waals surface area contributed by atoms with Gasteiger partial charge in [0.05, 0.1) is 6.04 Å². The molecular weight excluding hydrogens is 222 g/mol. The molecular formula is C16H23NO. The number of ketones is 1. The van der Waals surface area contributed by atoms with Crippen molar-refractivity contribution in [1.82, 2.24) is 0 Å². The van der Waals surface area contributed by atoms with E-state index in [-0.39, 0.29) is 17.2 Å². The van der Waals surface area contributed by atoms with Gasteiger partial charge in [0.25, 0.3) is 0 Å². The van der Waals surface area contributed by atoms with E-state index in [0.717, 1.165) is 18.4 Å². The Bertz CT molecular complexity index is 393. The SMILES string of the molecule is CC1(C(=O)[C@@H](N)Cc2ccccc2)CCCCC1. The molecule has 0 bridgehead atoms. The molecule has 1 aliphatic rings. The van der Waals surface area contributed by atoms with Crippen LogP contribution in [0.25, 0.3) is 0 Å². The second-order valence-electron chi connectivity index (χ2n) is 5.78. The summed E-state index contributed by atoms with van der Waals surface area (Å²) in [5.74, 6) is 0.256. The first-order valence-electron chi connectivity index (χ1n) is 6.96. The van der Waals surface area contributed by atoms with Crippen molar-refractivity contribution in [1.29, 1.82) is 0 Å². The molecule has 0 heterocycles. The molecule has 1 aromatic rings. The van der Waals surface area contributed by atoms with Crippen LogP contribution in [-0.2, 0) is 11.2 Å². The van der Waals surface area contributed by atoms with E-state index < -0.39 is 0 Å². The quantitative estimate of drug-likeness (QED) is 0.885. The first-order valence-corrected chi connectivity index (χ1v) is 6.96. The molecule has 18 heavy (non-hydrogen) atoms. The number of Topliss-reactive ketones (excluding diaryl/α,β-unsaturated/α-hetero) is 1. The smallest absolute Gasteiger partial charge is 0.155 e. The van der Waals surface area contributed by atoms with E-state index in [1.807, 2.05) is 30.3 Å². The highest BCUT2D eigenvalue weighted by Gasteiger charge is 2.37. The zero-order valence-corrected chi connectivity index (χ0v) is 11.2. The van der Waals surface area contributed by atoms with Gasteiger partial charge in [-0.2, -0.15) is 0 Å². The van der Waals surface area contributed by atoms with E-state index in [1.165, 1.54) is 19.3 Å². The summed E-state index contributed by atoms with van der Waals surface area (Å²) in [4.78, 5) is 12.5. The van der Waals surface area contributed by atoms with Crippen LogP contribution in [-0.4, -0.2) is 11.8 Å². The topological polar surface area (TPSA) is 43.1 Å². The summed E-state index contributed by atoms with van der Waals surface area (Å²) >= 11 is 0. The average Bonchev–Trinajstić information content (AvgIpc) is 2.40. The molecule has 1 fully saturated rings. The number of carbonyl (C=O) groups excluding carboxylic acids is 1. The second kappa shape index (κ2) is 5.66. The highest BCUT2D eigenvalue weighted by molar-refractivity contribution is 5.89. The molecule has 0 unspecified atom stereocenters. The summed E-state index contributed by atoms with van der Waals surface area (Å²) < 4.78 is 0. The van der Waals surface area contributed by atoms with Crippen molar-refractivity contribution < 1.29 is 4.79 Å². The van der Waals surface area contributed by atoms with Crippen LogP contribution in [0.15, 0.2) is 30.3 Å². The third-order valence-corrected chi connectivity index (χ3v) is 4.19. The van der Waals surface area contributed by atoms with Crippen molar-refractivity contribution in [3.05, 3.63) is 35.9 Å². The van der Waals surface area contributed by atoms with Gasteiger partial charge in [-0.15, -0.1) is 0 Å². The maximum Gasteiger partial charge on any atom is 0.155 e. The van der Waals surface area contributed by atoms with Crippen molar-refractivity contribution in [2.45, 2.75) is 51.5 Å². The largest absolute Gasteiger partial charge is 0.321 e. The molecule has 0 radical (unpaired) electrons. The Morgan fingerprint density at radius 3 is 2.44 bits per heavy atom. The Balaban J connectivity index is 2.00. The lowest BCUT2D eigenvalue weighted by Crippen LogP contribution is -2.44. The standard InChI is InChI=1S/C16H23NO/c1-16(10-6-3-7-11-16)15(18)14(17)12-13-8-4-2-5-9-13/h2,4-5,8-9,14H,3,6-7,10-12,17H2,1H3/t14-/m0/s1. The molecule has 2 N–H and O–H groups in total. The van der Waals surface area contributed by atoms with E-state index in [0.29, 0.717) is 6.42 Å². The maximum absolute atomic E-state index is 12.5. The predicted molar refractivity (Wildman–Crippen MR) is 74.3 cm³/mol. The third-order valence-electron chi connectivity index (χ3n) is 4.19. The molecule has 1 atom stereocenters. The first kappa shape index (κ1) is 13.3. The van der Waals surface area contributed by atoms with Crippen LogP contribution in [0.2, 0.25) is 0 Å². The molecule has 0 spiro atoms. The Morgan fingerprint density at radius 2 is 1.83 bits per heavy atom. The highest BCUT2D eigenvalue weighted by atomic mass is 16.1. The highest BCUT2D eigenvalue weighted by Crippen LogP contribution is 2.37. The fourth-order valence-electron chi connectivity index (χ4n) is 2.99. The fraction of sp³-hybridized carbons (Fsp3) is 0.562. The van der Waals surface area contributed by atoms with Crippen LogP contribution in [0.1, 0.15) is 44.6 Å². The van der Waals surface area contributed by atoms with Crippen LogP contribution in [0.4, 0.5) is 0 Å². The van der Waals surface area contributed by atoms with Crippen molar-refractivity contribution in [3.8, 4) is 0 Å². The molecule has 2 nitrogen and oxygen atoms in total. The molecule has 98 valence electrons. The average molecular weight is 245 g/mol. The number of nitrogens with two attached hydrogens (primary N) is 1. The number of rotatable bonds is 4. The van der Waals surface area contributed by atoms with Crippen LogP contribution in [0, 0.1) is 5.41 Å². The minimum atomic E-state index is -0.351. The Hall–Kier alpha value is -1.15. The van der Waals surface area contributed by atoms with Crippen molar-refractivity contribution >= 4 is 5.78 Å². The number of hydrogen-bond donors (Lipinski definition) is 1. The van der Waals surface area contributed by atoms with Gasteiger partial charge in [0.2, 0.25) is 0 Å². The summed E-state index contributed by atoms with van der Waals surface area (Å²) in [5.41, 5.74) is 7.09. The zero-order chi connectivity index (χ0) is 13.0. The van der Waals surface area contributed by atoms with Gasteiger partial charge in [0.1, 0.15) is 0 Å². The summed E-state index contributed by atoms with van der Waals surface area (Å²) in [6.07, 6.45) is 6.27. The Kier molecular flexibility index (Phi) is 4.18. The summed E-state index contributed by atoms with van der Waals surface area (Å²) in [5, 5.41) is 0. The van der Waals surface area contributed by atoms with E-state index in [9.17, 15) is 4.79 Å². The predicted octanol–water partition coefficient (Wildman–Crippen LogP) is 3.10. The molecule has 0 saturated heterocycles. The van der Waals surface area contributed by atoms with Gasteiger partial charge in [-0.25, -0.2) is 0 Å². The number of hydrogen-bond acceptors (Lipinski definition) is 2. The van der Waals surface area contributed by atoms with Gasteiger partial charge >= 0.3 is 0 Å². The lowest BCUT2D eigenvalue weighted by atomic mass is 9.70. The molecule has 0 amide bonds. The van der Waals surface area contributed by atoms with E-state index in [4.69, 9.17) is 5.73 Å². The summed E-state index contributed by atoms with van der Waals surface area (Å²) in [7, 11) is 0. The first-order chi connectivity index (χ1) is 8.62. The van der Waals surface area contributed by atoms with Crippen LogP contribution < -0.4 is 5.73 Å². The van der Waals surface area contributed by atoms with E-state index in [2.05, 4.69) is 6.92 Å². The fourth-order valence-corrected chi connectivity index (χ4v) is 2.99. The summed E-state index contributed by atoms with van der Waals surface area (Å²) in [6, 6.07) is 9.70. The molecule has 0 aliphatic heterocycles. The van der Waals surface area contributed by atoms with Crippen LogP contribution in [0.5, 0.6) is 0 Å². The van der Waals surface area contributed by atoms with E-state index in [1.54, 1.807) is 0 Å². The van der Waals surface area contributed by atoms with Crippen molar-refractivity contribution in [2.24, 2.45) is 11.1 Å². The van der Waals surface area contributed by atoms with E-state index >= 15 is 0 Å². The number of benzene rings is 1. The molecule has 0 aromatic heterocycles. The van der Waals surface area contributed by atoms with Gasteiger partial charge in [0.15, 0.2) is 5.78 Å². The van der Waals surface area contributed by atoms with Crippen molar-refractivity contribution in [3.63, 3.8) is 0 Å². The van der Waals surface area contributed by atoms with Gasteiger partial charge in [-0.05, 0) is 24.8 Å². The van der Waals surface area contributed by atoms with Crippen LogP contribution in [0.3, 0.4) is 0 Å². The van der Waals surface area contributed by atoms with Crippen LogP contribution >= 0.6 is 0 Å². The molecule has 2 heteroatoms.